The molecule has 0 fully saturated rings. The van der Waals surface area contributed by atoms with Crippen LogP contribution in [-0.2, 0) is 6.42 Å². The highest BCUT2D eigenvalue weighted by Gasteiger charge is 2.15. The Kier molecular flexibility index (Phi) is 4.45. The van der Waals surface area contributed by atoms with Crippen molar-refractivity contribution >= 4 is 11.6 Å². The van der Waals surface area contributed by atoms with E-state index in [4.69, 9.17) is 11.6 Å². The average Bonchev–Trinajstić information content (AvgIpc) is 2.41. The number of hydrogen-bond acceptors (Lipinski definition) is 2. The summed E-state index contributed by atoms with van der Waals surface area (Å²) in [4.78, 5) is 3.72. The molecule has 1 N–H and O–H groups in total. The van der Waals surface area contributed by atoms with Crippen LogP contribution < -0.4 is 5.32 Å². The summed E-state index contributed by atoms with van der Waals surface area (Å²) in [5.74, 6) is -0.823. The fourth-order valence-electron chi connectivity index (χ4n) is 1.94. The molecule has 0 aliphatic carbocycles. The number of benzene rings is 1. The third-order valence-corrected chi connectivity index (χ3v) is 3.24. The van der Waals surface area contributed by atoms with Crippen molar-refractivity contribution in [2.75, 3.05) is 7.05 Å². The van der Waals surface area contributed by atoms with Crippen molar-refractivity contribution < 1.29 is 8.78 Å². The lowest BCUT2D eigenvalue weighted by Gasteiger charge is -2.17. The molecule has 0 bridgehead atoms. The van der Waals surface area contributed by atoms with E-state index in [1.54, 1.807) is 31.4 Å². The first-order valence-corrected chi connectivity index (χ1v) is 6.20. The highest BCUT2D eigenvalue weighted by molar-refractivity contribution is 6.30. The maximum atomic E-state index is 13.7. The second kappa shape index (κ2) is 6.08. The van der Waals surface area contributed by atoms with Gasteiger partial charge in [0, 0.05) is 17.8 Å². The number of hydrogen-bond donors (Lipinski definition) is 1. The standard InChI is InChI=1S/C14H13ClF2N2/c1-18-14(10-4-5-19-8-13(10)17)7-9-2-3-12(16)11(15)6-9/h2-6,8,14,18H,7H2,1H3. The topological polar surface area (TPSA) is 24.9 Å². The number of nitrogens with one attached hydrogen (secondary N) is 1. The van der Waals surface area contributed by atoms with Crippen molar-refractivity contribution in [3.63, 3.8) is 0 Å². The predicted molar refractivity (Wildman–Crippen MR) is 71.1 cm³/mol. The van der Waals surface area contributed by atoms with Gasteiger partial charge >= 0.3 is 0 Å². The van der Waals surface area contributed by atoms with Crippen LogP contribution in [-0.4, -0.2) is 12.0 Å². The summed E-state index contributed by atoms with van der Waals surface area (Å²) in [7, 11) is 1.75. The normalized spacial score (nSPS) is 12.4. The maximum absolute atomic E-state index is 13.7. The van der Waals surface area contributed by atoms with E-state index >= 15 is 0 Å². The van der Waals surface area contributed by atoms with Gasteiger partial charge in [0.2, 0.25) is 0 Å². The summed E-state index contributed by atoms with van der Waals surface area (Å²) >= 11 is 5.74. The van der Waals surface area contributed by atoms with Crippen LogP contribution in [0.2, 0.25) is 5.02 Å². The molecular formula is C14H13ClF2N2. The molecule has 5 heteroatoms. The van der Waals surface area contributed by atoms with Crippen molar-refractivity contribution in [1.82, 2.24) is 10.3 Å². The molecule has 0 amide bonds. The second-order valence-electron chi connectivity index (χ2n) is 4.19. The van der Waals surface area contributed by atoms with Gasteiger partial charge in [-0.05, 0) is 37.2 Å². The SMILES string of the molecule is CNC(Cc1ccc(F)c(Cl)c1)c1ccncc1F. The van der Waals surface area contributed by atoms with Crippen LogP contribution in [0, 0.1) is 11.6 Å². The molecule has 2 nitrogen and oxygen atoms in total. The molecule has 0 saturated carbocycles. The number of nitrogens with zero attached hydrogens (tertiary/aromatic N) is 1. The number of rotatable bonds is 4. The van der Waals surface area contributed by atoms with Crippen molar-refractivity contribution in [1.29, 1.82) is 0 Å². The van der Waals surface area contributed by atoms with Crippen molar-refractivity contribution in [3.05, 3.63) is 64.4 Å². The Morgan fingerprint density at radius 1 is 1.26 bits per heavy atom. The Balaban J connectivity index is 2.24. The maximum Gasteiger partial charge on any atom is 0.146 e. The van der Waals surface area contributed by atoms with Gasteiger partial charge in [-0.25, -0.2) is 8.78 Å². The molecule has 1 unspecified atom stereocenters. The van der Waals surface area contributed by atoms with Gasteiger partial charge in [-0.3, -0.25) is 4.98 Å². The van der Waals surface area contributed by atoms with Gasteiger partial charge in [-0.2, -0.15) is 0 Å². The minimum Gasteiger partial charge on any atom is -0.313 e. The highest BCUT2D eigenvalue weighted by Crippen LogP contribution is 2.23. The average molecular weight is 283 g/mol. The second-order valence-corrected chi connectivity index (χ2v) is 4.60. The van der Waals surface area contributed by atoms with Gasteiger partial charge in [0.1, 0.15) is 11.6 Å². The van der Waals surface area contributed by atoms with Crippen LogP contribution in [0.15, 0.2) is 36.7 Å². The first kappa shape index (κ1) is 13.9. The molecule has 0 aliphatic rings. The minimum atomic E-state index is -0.457. The monoisotopic (exact) mass is 282 g/mol. The molecule has 2 rings (SSSR count). The van der Waals surface area contributed by atoms with Gasteiger partial charge in [-0.15, -0.1) is 0 Å². The van der Waals surface area contributed by atoms with Crippen LogP contribution >= 0.6 is 11.6 Å². The number of halogens is 3. The van der Waals surface area contributed by atoms with Gasteiger partial charge in [-0.1, -0.05) is 17.7 Å². The molecule has 1 heterocycles. The first-order valence-electron chi connectivity index (χ1n) is 5.82. The van der Waals surface area contributed by atoms with Gasteiger partial charge < -0.3 is 5.32 Å². The fraction of sp³-hybridized carbons (Fsp3) is 0.214. The summed E-state index contributed by atoms with van der Waals surface area (Å²) in [6.07, 6.45) is 3.23. The molecule has 2 aromatic rings. The molecule has 1 aromatic heterocycles. The minimum absolute atomic E-state index is 0.0718. The van der Waals surface area contributed by atoms with Crippen LogP contribution in [0.4, 0.5) is 8.78 Å². The van der Waals surface area contributed by atoms with Crippen molar-refractivity contribution in [2.24, 2.45) is 0 Å². The molecule has 100 valence electrons. The predicted octanol–water partition coefficient (Wildman–Crippen LogP) is 3.52. The Bertz CT molecular complexity index is 575. The molecule has 0 saturated heterocycles. The van der Waals surface area contributed by atoms with Crippen molar-refractivity contribution in [2.45, 2.75) is 12.5 Å². The van der Waals surface area contributed by atoms with E-state index in [0.29, 0.717) is 12.0 Å². The third kappa shape index (κ3) is 3.28. The number of likely N-dealkylation sites (N-methyl/N-ethyl adjacent to an activating group) is 1. The van der Waals surface area contributed by atoms with E-state index in [0.717, 1.165) is 5.56 Å². The fourth-order valence-corrected chi connectivity index (χ4v) is 2.14. The molecule has 1 atom stereocenters. The Morgan fingerprint density at radius 3 is 2.68 bits per heavy atom. The molecular weight excluding hydrogens is 270 g/mol. The molecule has 0 aliphatic heterocycles. The Morgan fingerprint density at radius 2 is 2.05 bits per heavy atom. The summed E-state index contributed by atoms with van der Waals surface area (Å²) in [5.41, 5.74) is 1.36. The van der Waals surface area contributed by atoms with E-state index in [1.165, 1.54) is 12.3 Å². The van der Waals surface area contributed by atoms with Gasteiger partial charge in [0.05, 0.1) is 11.2 Å². The Hall–Kier alpha value is -1.52. The van der Waals surface area contributed by atoms with E-state index in [-0.39, 0.29) is 16.9 Å². The van der Waals surface area contributed by atoms with Crippen LogP contribution in [0.3, 0.4) is 0 Å². The first-order chi connectivity index (χ1) is 9.11. The zero-order valence-electron chi connectivity index (χ0n) is 10.3. The van der Waals surface area contributed by atoms with Crippen molar-refractivity contribution in [3.8, 4) is 0 Å². The molecule has 0 radical (unpaired) electrons. The number of pyridine rings is 1. The van der Waals surface area contributed by atoms with E-state index < -0.39 is 5.82 Å². The lowest BCUT2D eigenvalue weighted by Crippen LogP contribution is -2.20. The lowest BCUT2D eigenvalue weighted by molar-refractivity contribution is 0.530. The van der Waals surface area contributed by atoms with Gasteiger partial charge in [0.15, 0.2) is 0 Å². The molecule has 1 aromatic carbocycles. The lowest BCUT2D eigenvalue weighted by atomic mass is 9.99. The summed E-state index contributed by atoms with van der Waals surface area (Å²) < 4.78 is 26.8. The zero-order chi connectivity index (χ0) is 13.8. The number of aromatic nitrogens is 1. The smallest absolute Gasteiger partial charge is 0.146 e. The summed E-state index contributed by atoms with van der Waals surface area (Å²) in [6.45, 7) is 0. The molecule has 0 spiro atoms. The quantitative estimate of drug-likeness (QED) is 0.928. The van der Waals surface area contributed by atoms with E-state index in [9.17, 15) is 8.78 Å². The van der Waals surface area contributed by atoms with Crippen LogP contribution in [0.25, 0.3) is 0 Å². The summed E-state index contributed by atoms with van der Waals surface area (Å²) in [6, 6.07) is 5.92. The van der Waals surface area contributed by atoms with Crippen LogP contribution in [0.5, 0.6) is 0 Å². The van der Waals surface area contributed by atoms with E-state index in [2.05, 4.69) is 10.3 Å². The Labute approximate surface area is 115 Å². The van der Waals surface area contributed by atoms with Crippen LogP contribution in [0.1, 0.15) is 17.2 Å². The zero-order valence-corrected chi connectivity index (χ0v) is 11.1. The highest BCUT2D eigenvalue weighted by atomic mass is 35.5. The van der Waals surface area contributed by atoms with E-state index in [1.807, 2.05) is 0 Å². The largest absolute Gasteiger partial charge is 0.313 e. The third-order valence-electron chi connectivity index (χ3n) is 2.95. The summed E-state index contributed by atoms with van der Waals surface area (Å²) in [5, 5.41) is 3.11. The van der Waals surface area contributed by atoms with Gasteiger partial charge in [0.25, 0.3) is 0 Å². The molecule has 19 heavy (non-hydrogen) atoms.